The number of rotatable bonds is 12. The summed E-state index contributed by atoms with van der Waals surface area (Å²) in [5.74, 6) is 1.09. The number of aliphatic hydroxyl groups excluding tert-OH is 1. The van der Waals surface area contributed by atoms with Crippen LogP contribution in [-0.2, 0) is 9.59 Å². The molecule has 0 aromatic heterocycles. The van der Waals surface area contributed by atoms with Gasteiger partial charge in [0.05, 0.1) is 25.7 Å². The molecule has 1 heterocycles. The van der Waals surface area contributed by atoms with Gasteiger partial charge in [0.15, 0.2) is 11.5 Å². The monoisotopic (exact) mass is 514 g/mol. The molecule has 2 aromatic carbocycles. The number of aliphatic hydroxyl groups is 1. The molecule has 1 fully saturated rings. The largest absolute Gasteiger partial charge is 0.493 e. The van der Waals surface area contributed by atoms with Gasteiger partial charge in [0.2, 0.25) is 5.91 Å². The van der Waals surface area contributed by atoms with Crippen LogP contribution in [0.15, 0.2) is 53.4 Å². The standard InChI is InChI=1S/C26H30N2O5S2/c1-32-21-13-12-19(17-22(21)33-2)18-23-25(31)28(26(34)35-23)14-8-4-7-11-24(30)27(15-16-29)20-9-5-3-6-10-20/h3,5-6,9-10,12-13,17-18,29H,4,7-8,11,14-16H2,1-2H3/b23-18-. The van der Waals surface area contributed by atoms with E-state index in [2.05, 4.69) is 0 Å². The van der Waals surface area contributed by atoms with Gasteiger partial charge in [-0.1, -0.05) is 54.7 Å². The number of hydrogen-bond donors (Lipinski definition) is 1. The predicted octanol–water partition coefficient (Wildman–Crippen LogP) is 4.49. The van der Waals surface area contributed by atoms with E-state index < -0.39 is 0 Å². The van der Waals surface area contributed by atoms with Crippen molar-refractivity contribution in [3.8, 4) is 11.5 Å². The Morgan fingerprint density at radius 2 is 1.83 bits per heavy atom. The summed E-state index contributed by atoms with van der Waals surface area (Å²) < 4.78 is 11.1. The molecule has 2 amide bonds. The summed E-state index contributed by atoms with van der Waals surface area (Å²) >= 11 is 6.72. The van der Waals surface area contributed by atoms with E-state index in [-0.39, 0.29) is 25.0 Å². The number of carbonyl (C=O) groups excluding carboxylic acids is 2. The summed E-state index contributed by atoms with van der Waals surface area (Å²) in [6.07, 6.45) is 4.42. The van der Waals surface area contributed by atoms with Crippen LogP contribution in [-0.4, -0.2) is 60.1 Å². The number of ether oxygens (including phenoxy) is 2. The van der Waals surface area contributed by atoms with Gasteiger partial charge in [-0.2, -0.15) is 0 Å². The van der Waals surface area contributed by atoms with Crippen molar-refractivity contribution < 1.29 is 24.2 Å². The Balaban J connectivity index is 1.50. The Bertz CT molecular complexity index is 1070. The number of thioether (sulfide) groups is 1. The average Bonchev–Trinajstić information content (AvgIpc) is 3.14. The second-order valence-corrected chi connectivity index (χ2v) is 9.54. The van der Waals surface area contributed by atoms with E-state index in [1.807, 2.05) is 42.5 Å². The van der Waals surface area contributed by atoms with Crippen molar-refractivity contribution in [3.63, 3.8) is 0 Å². The Morgan fingerprint density at radius 3 is 2.51 bits per heavy atom. The number of anilines is 1. The first-order valence-corrected chi connectivity index (χ1v) is 12.6. The molecule has 0 aliphatic carbocycles. The van der Waals surface area contributed by atoms with Gasteiger partial charge in [0.1, 0.15) is 4.32 Å². The van der Waals surface area contributed by atoms with Gasteiger partial charge in [-0.15, -0.1) is 0 Å². The highest BCUT2D eigenvalue weighted by Gasteiger charge is 2.31. The first-order valence-electron chi connectivity index (χ1n) is 11.4. The molecular formula is C26H30N2O5S2. The number of unbranched alkanes of at least 4 members (excludes halogenated alkanes) is 2. The van der Waals surface area contributed by atoms with Crippen molar-refractivity contribution in [2.45, 2.75) is 25.7 Å². The molecule has 1 saturated heterocycles. The van der Waals surface area contributed by atoms with Gasteiger partial charge in [-0.3, -0.25) is 14.5 Å². The number of carbonyl (C=O) groups is 2. The Morgan fingerprint density at radius 1 is 1.09 bits per heavy atom. The molecule has 35 heavy (non-hydrogen) atoms. The summed E-state index contributed by atoms with van der Waals surface area (Å²) in [7, 11) is 3.15. The first kappa shape index (κ1) is 26.7. The molecule has 1 aliphatic rings. The third kappa shape index (κ3) is 7.06. The summed E-state index contributed by atoms with van der Waals surface area (Å²) in [5, 5.41) is 9.33. The molecule has 7 nitrogen and oxygen atoms in total. The maximum Gasteiger partial charge on any atom is 0.266 e. The van der Waals surface area contributed by atoms with Crippen LogP contribution in [0.2, 0.25) is 0 Å². The van der Waals surface area contributed by atoms with Crippen LogP contribution in [0.1, 0.15) is 31.2 Å². The van der Waals surface area contributed by atoms with E-state index in [0.29, 0.717) is 40.1 Å². The molecule has 0 radical (unpaired) electrons. The maximum atomic E-state index is 12.9. The van der Waals surface area contributed by atoms with Crippen molar-refractivity contribution in [2.24, 2.45) is 0 Å². The van der Waals surface area contributed by atoms with E-state index in [9.17, 15) is 14.7 Å². The van der Waals surface area contributed by atoms with E-state index in [1.54, 1.807) is 36.2 Å². The van der Waals surface area contributed by atoms with E-state index >= 15 is 0 Å². The molecular weight excluding hydrogens is 484 g/mol. The molecule has 186 valence electrons. The van der Waals surface area contributed by atoms with Crippen LogP contribution in [0.4, 0.5) is 5.69 Å². The fourth-order valence-electron chi connectivity index (χ4n) is 3.75. The molecule has 0 saturated carbocycles. The van der Waals surface area contributed by atoms with Crippen LogP contribution < -0.4 is 14.4 Å². The molecule has 0 atom stereocenters. The minimum absolute atomic E-state index is 0.0197. The lowest BCUT2D eigenvalue weighted by Gasteiger charge is -2.22. The minimum atomic E-state index is -0.107. The topological polar surface area (TPSA) is 79.3 Å². The molecule has 0 unspecified atom stereocenters. The lowest BCUT2D eigenvalue weighted by atomic mass is 10.1. The van der Waals surface area contributed by atoms with Crippen LogP contribution in [0, 0.1) is 0 Å². The molecule has 9 heteroatoms. The number of para-hydroxylation sites is 1. The highest BCUT2D eigenvalue weighted by atomic mass is 32.2. The van der Waals surface area contributed by atoms with Crippen molar-refractivity contribution >= 4 is 51.9 Å². The SMILES string of the molecule is COc1ccc(/C=C2\SC(=S)N(CCCCCC(=O)N(CCO)c3ccccc3)C2=O)cc1OC. The molecule has 2 aromatic rings. The average molecular weight is 515 g/mol. The zero-order valence-electron chi connectivity index (χ0n) is 19.9. The molecule has 1 aliphatic heterocycles. The minimum Gasteiger partial charge on any atom is -0.493 e. The third-order valence-electron chi connectivity index (χ3n) is 5.54. The van der Waals surface area contributed by atoms with Crippen molar-refractivity contribution in [1.29, 1.82) is 0 Å². The van der Waals surface area contributed by atoms with Crippen LogP contribution in [0.25, 0.3) is 6.08 Å². The summed E-state index contributed by atoms with van der Waals surface area (Å²) in [6, 6.07) is 14.8. The normalized spacial score (nSPS) is 14.5. The lowest BCUT2D eigenvalue weighted by molar-refractivity contribution is -0.122. The summed E-state index contributed by atoms with van der Waals surface area (Å²) in [5.41, 5.74) is 1.61. The van der Waals surface area contributed by atoms with Crippen molar-refractivity contribution in [2.75, 3.05) is 38.8 Å². The van der Waals surface area contributed by atoms with Crippen LogP contribution in [0.3, 0.4) is 0 Å². The second kappa shape index (κ2) is 13.3. The van der Waals surface area contributed by atoms with Crippen LogP contribution in [0.5, 0.6) is 11.5 Å². The molecule has 0 bridgehead atoms. The third-order valence-corrected chi connectivity index (χ3v) is 6.92. The number of thiocarbonyl (C=S) groups is 1. The fourth-order valence-corrected chi connectivity index (χ4v) is 5.06. The van der Waals surface area contributed by atoms with E-state index in [4.69, 9.17) is 21.7 Å². The summed E-state index contributed by atoms with van der Waals surface area (Å²) in [6.45, 7) is 0.693. The highest BCUT2D eigenvalue weighted by Crippen LogP contribution is 2.34. The predicted molar refractivity (Wildman–Crippen MR) is 144 cm³/mol. The van der Waals surface area contributed by atoms with Crippen molar-refractivity contribution in [1.82, 2.24) is 4.90 Å². The van der Waals surface area contributed by atoms with Crippen molar-refractivity contribution in [3.05, 3.63) is 59.0 Å². The van der Waals surface area contributed by atoms with Gasteiger partial charge in [0.25, 0.3) is 5.91 Å². The molecule has 0 spiro atoms. The number of nitrogens with zero attached hydrogens (tertiary/aromatic N) is 2. The van der Waals surface area contributed by atoms with Gasteiger partial charge in [-0.25, -0.2) is 0 Å². The second-order valence-electron chi connectivity index (χ2n) is 7.86. The maximum absolute atomic E-state index is 12.9. The number of benzene rings is 2. The fraction of sp³-hybridized carbons (Fsp3) is 0.346. The Kier molecular flexibility index (Phi) is 10.1. The highest BCUT2D eigenvalue weighted by molar-refractivity contribution is 8.26. The molecule has 3 rings (SSSR count). The quantitative estimate of drug-likeness (QED) is 0.254. The number of amides is 2. The van der Waals surface area contributed by atoms with Gasteiger partial charge in [-0.05, 0) is 48.7 Å². The number of hydrogen-bond acceptors (Lipinski definition) is 7. The van der Waals surface area contributed by atoms with Gasteiger partial charge in [0, 0.05) is 25.2 Å². The van der Waals surface area contributed by atoms with E-state index in [0.717, 1.165) is 24.1 Å². The smallest absolute Gasteiger partial charge is 0.266 e. The Labute approximate surface area is 215 Å². The van der Waals surface area contributed by atoms with Crippen LogP contribution >= 0.6 is 24.0 Å². The zero-order valence-corrected chi connectivity index (χ0v) is 21.6. The number of methoxy groups -OCH3 is 2. The zero-order chi connectivity index (χ0) is 25.2. The van der Waals surface area contributed by atoms with E-state index in [1.165, 1.54) is 11.8 Å². The lowest BCUT2D eigenvalue weighted by Crippen LogP contribution is -2.33. The summed E-state index contributed by atoms with van der Waals surface area (Å²) in [4.78, 5) is 29.4. The van der Waals surface area contributed by atoms with Gasteiger partial charge >= 0.3 is 0 Å². The van der Waals surface area contributed by atoms with Gasteiger partial charge < -0.3 is 19.5 Å². The first-order chi connectivity index (χ1) is 17.0. The molecule has 1 N–H and O–H groups in total. The Hall–Kier alpha value is -2.88.